The van der Waals surface area contributed by atoms with Crippen LogP contribution in [0.3, 0.4) is 0 Å². The summed E-state index contributed by atoms with van der Waals surface area (Å²) >= 11 is 3.32. The molecule has 0 spiro atoms. The zero-order valence-electron chi connectivity index (χ0n) is 11.6. The van der Waals surface area contributed by atoms with Crippen molar-refractivity contribution >= 4 is 29.5 Å². The van der Waals surface area contributed by atoms with Crippen molar-refractivity contribution in [3.63, 3.8) is 0 Å². The molecule has 8 heteroatoms. The molecule has 0 unspecified atom stereocenters. The van der Waals surface area contributed by atoms with Crippen LogP contribution in [0.4, 0.5) is 0 Å². The van der Waals surface area contributed by atoms with Gasteiger partial charge in [0.25, 0.3) is 0 Å². The van der Waals surface area contributed by atoms with Crippen molar-refractivity contribution in [3.05, 3.63) is 51.7 Å². The second kappa shape index (κ2) is 5.06. The molecular weight excluding hydrogens is 320 g/mol. The summed E-state index contributed by atoms with van der Waals surface area (Å²) in [6.07, 6.45) is 0.812. The van der Waals surface area contributed by atoms with E-state index in [-0.39, 0.29) is 5.37 Å². The summed E-state index contributed by atoms with van der Waals surface area (Å²) in [6, 6.07) is 7.04. The lowest BCUT2D eigenvalue weighted by atomic mass is 10.1. The number of hydrogen-bond acceptors (Lipinski definition) is 6. The molecule has 22 heavy (non-hydrogen) atoms. The van der Waals surface area contributed by atoms with Crippen LogP contribution in [0.2, 0.25) is 0 Å². The van der Waals surface area contributed by atoms with E-state index in [4.69, 9.17) is 5.11 Å². The fourth-order valence-corrected chi connectivity index (χ4v) is 4.77. The lowest BCUT2D eigenvalue weighted by Gasteiger charge is -2.25. The predicted molar refractivity (Wildman–Crippen MR) is 85.3 cm³/mol. The van der Waals surface area contributed by atoms with Crippen LogP contribution in [-0.4, -0.2) is 25.9 Å². The Morgan fingerprint density at radius 2 is 2.09 bits per heavy atom. The molecule has 0 saturated heterocycles. The second-order valence-electron chi connectivity index (χ2n) is 4.88. The first kappa shape index (κ1) is 13.7. The van der Waals surface area contributed by atoms with Crippen LogP contribution in [0.5, 0.6) is 0 Å². The van der Waals surface area contributed by atoms with Crippen molar-refractivity contribution in [2.75, 3.05) is 5.01 Å². The molecule has 1 aromatic carbocycles. The summed E-state index contributed by atoms with van der Waals surface area (Å²) in [5.74, 6) is 0.0242. The first-order chi connectivity index (χ1) is 10.7. The third kappa shape index (κ3) is 1.94. The van der Waals surface area contributed by atoms with Gasteiger partial charge in [0, 0.05) is 11.8 Å². The van der Waals surface area contributed by atoms with Gasteiger partial charge in [0.2, 0.25) is 5.16 Å². The number of benzene rings is 1. The summed E-state index contributed by atoms with van der Waals surface area (Å²) in [5, 5.41) is 23.8. The first-order valence-electron chi connectivity index (χ1n) is 6.79. The van der Waals surface area contributed by atoms with E-state index in [1.54, 1.807) is 35.7 Å². The van der Waals surface area contributed by atoms with Crippen LogP contribution in [0.15, 0.2) is 39.9 Å². The summed E-state index contributed by atoms with van der Waals surface area (Å²) in [5.41, 5.74) is 1.36. The molecule has 2 aliphatic heterocycles. The molecule has 112 valence electrons. The predicted octanol–water partition coefficient (Wildman–Crippen LogP) is 2.83. The maximum Gasteiger partial charge on any atom is 0.335 e. The minimum Gasteiger partial charge on any atom is -0.478 e. The lowest BCUT2D eigenvalue weighted by molar-refractivity contribution is 0.0697. The van der Waals surface area contributed by atoms with E-state index in [9.17, 15) is 4.79 Å². The molecule has 0 radical (unpaired) electrons. The van der Waals surface area contributed by atoms with Gasteiger partial charge in [-0.1, -0.05) is 30.8 Å². The highest BCUT2D eigenvalue weighted by Crippen LogP contribution is 2.51. The minimum absolute atomic E-state index is 0.0768. The topological polar surface area (TPSA) is 71.2 Å². The minimum atomic E-state index is -0.907. The number of hydrogen-bond donors (Lipinski definition) is 1. The Balaban J connectivity index is 1.71. The Kier molecular flexibility index (Phi) is 3.16. The zero-order chi connectivity index (χ0) is 15.3. The van der Waals surface area contributed by atoms with Crippen LogP contribution in [0.1, 0.15) is 34.0 Å². The molecule has 1 atom stereocenters. The summed E-state index contributed by atoms with van der Waals surface area (Å²) in [6.45, 7) is 2.06. The third-order valence-electron chi connectivity index (χ3n) is 3.59. The molecule has 4 rings (SSSR count). The smallest absolute Gasteiger partial charge is 0.335 e. The van der Waals surface area contributed by atoms with Gasteiger partial charge in [0.15, 0.2) is 5.82 Å². The summed E-state index contributed by atoms with van der Waals surface area (Å²) in [7, 11) is 0. The second-order valence-corrected chi connectivity index (χ2v) is 6.82. The van der Waals surface area contributed by atoms with Gasteiger partial charge in [-0.15, -0.1) is 10.2 Å². The number of aromatic carboxylic acids is 1. The van der Waals surface area contributed by atoms with Crippen molar-refractivity contribution in [2.24, 2.45) is 0 Å². The van der Waals surface area contributed by atoms with E-state index in [0.717, 1.165) is 28.0 Å². The molecule has 0 saturated carbocycles. The molecular formula is C14H12N4O2S2. The van der Waals surface area contributed by atoms with Crippen LogP contribution in [0, 0.1) is 0 Å². The van der Waals surface area contributed by atoms with E-state index in [0.29, 0.717) is 5.56 Å². The Labute approximate surface area is 135 Å². The van der Waals surface area contributed by atoms with E-state index in [1.165, 1.54) is 0 Å². The van der Waals surface area contributed by atoms with E-state index in [2.05, 4.69) is 32.2 Å². The number of carboxylic acids is 1. The van der Waals surface area contributed by atoms with Crippen LogP contribution in [-0.2, 0) is 6.42 Å². The maximum atomic E-state index is 11.0. The monoisotopic (exact) mass is 332 g/mol. The van der Waals surface area contributed by atoms with Gasteiger partial charge in [-0.05, 0) is 29.5 Å². The number of rotatable bonds is 3. The molecule has 1 aromatic heterocycles. The number of fused-ring (bicyclic) bond motifs is 3. The van der Waals surface area contributed by atoms with Crippen molar-refractivity contribution in [1.82, 2.24) is 14.9 Å². The highest BCUT2D eigenvalue weighted by molar-refractivity contribution is 8.07. The molecule has 0 fully saturated rings. The van der Waals surface area contributed by atoms with Gasteiger partial charge >= 0.3 is 5.97 Å². The quantitative estimate of drug-likeness (QED) is 0.926. The molecule has 3 heterocycles. The lowest BCUT2D eigenvalue weighted by Crippen LogP contribution is -2.30. The Morgan fingerprint density at radius 1 is 1.32 bits per heavy atom. The van der Waals surface area contributed by atoms with Crippen LogP contribution < -0.4 is 5.01 Å². The van der Waals surface area contributed by atoms with Crippen LogP contribution >= 0.6 is 23.5 Å². The number of carbonyl (C=O) groups is 1. The van der Waals surface area contributed by atoms with Crippen LogP contribution in [0.25, 0.3) is 0 Å². The SMILES string of the molecule is CCc1nnc2n1N1C(=CS[C@H]1c1ccc(C(=O)O)cc1)S2. The molecule has 0 aliphatic carbocycles. The highest BCUT2D eigenvalue weighted by atomic mass is 32.2. The van der Waals surface area contributed by atoms with Gasteiger partial charge in [-0.3, -0.25) is 5.01 Å². The number of aryl methyl sites for hydroxylation is 1. The number of carboxylic acid groups (broad SMARTS) is 1. The van der Waals surface area contributed by atoms with Crippen molar-refractivity contribution in [3.8, 4) is 0 Å². The fraction of sp³-hybridized carbons (Fsp3) is 0.214. The van der Waals surface area contributed by atoms with Gasteiger partial charge in [0.05, 0.1) is 5.56 Å². The van der Waals surface area contributed by atoms with Gasteiger partial charge in [-0.25, -0.2) is 9.47 Å². The molecule has 0 amide bonds. The maximum absolute atomic E-state index is 11.0. The number of aromatic nitrogens is 3. The molecule has 6 nitrogen and oxygen atoms in total. The van der Waals surface area contributed by atoms with Gasteiger partial charge in [0.1, 0.15) is 10.4 Å². The standard InChI is InChI=1S/C14H12N4O2S2/c1-2-10-15-16-14-17(10)18-11(22-14)7-21-12(18)8-3-5-9(6-4-8)13(19)20/h3-7,12H,2H2,1H3,(H,19,20)/t12-/m0/s1. The Bertz CT molecular complexity index is 785. The van der Waals surface area contributed by atoms with E-state index < -0.39 is 5.97 Å². The van der Waals surface area contributed by atoms with Crippen molar-refractivity contribution in [2.45, 2.75) is 23.9 Å². The fourth-order valence-electron chi connectivity index (χ4n) is 2.52. The average Bonchev–Trinajstić information content (AvgIpc) is 3.17. The number of nitrogens with zero attached hydrogens (tertiary/aromatic N) is 4. The van der Waals surface area contributed by atoms with E-state index in [1.807, 2.05) is 12.1 Å². The summed E-state index contributed by atoms with van der Waals surface area (Å²) in [4.78, 5) is 11.0. The number of thioether (sulfide) groups is 2. The normalized spacial score (nSPS) is 19.0. The Morgan fingerprint density at radius 3 is 2.77 bits per heavy atom. The van der Waals surface area contributed by atoms with E-state index >= 15 is 0 Å². The highest BCUT2D eigenvalue weighted by Gasteiger charge is 2.39. The van der Waals surface area contributed by atoms with Gasteiger partial charge < -0.3 is 5.11 Å². The molecule has 2 aliphatic rings. The van der Waals surface area contributed by atoms with Crippen molar-refractivity contribution < 1.29 is 9.90 Å². The Hall–Kier alpha value is -1.93. The third-order valence-corrected chi connectivity index (χ3v) is 5.78. The molecule has 0 bridgehead atoms. The average molecular weight is 332 g/mol. The first-order valence-corrected chi connectivity index (χ1v) is 8.55. The largest absolute Gasteiger partial charge is 0.478 e. The molecule has 1 N–H and O–H groups in total. The zero-order valence-corrected chi connectivity index (χ0v) is 13.3. The summed E-state index contributed by atoms with van der Waals surface area (Å²) < 4.78 is 2.06. The molecule has 2 aromatic rings. The van der Waals surface area contributed by atoms with Crippen molar-refractivity contribution in [1.29, 1.82) is 0 Å². The van der Waals surface area contributed by atoms with Gasteiger partial charge in [-0.2, -0.15) is 0 Å².